The second-order valence-electron chi connectivity index (χ2n) is 4.23. The second kappa shape index (κ2) is 5.62. The second-order valence-corrected chi connectivity index (χ2v) is 5.18. The number of carboxylic acid groups (broad SMARTS) is 1. The number of hydrogen-bond acceptors (Lipinski definition) is 4. The third kappa shape index (κ3) is 3.06. The molecule has 1 aliphatic rings. The molecule has 0 radical (unpaired) electrons. The SMILES string of the molecule is Cc1ccsc1C(CC(=O)O)N1CCOCC1. The maximum absolute atomic E-state index is 11.0. The van der Waals surface area contributed by atoms with Crippen molar-refractivity contribution in [2.75, 3.05) is 26.3 Å². The van der Waals surface area contributed by atoms with Crippen LogP contribution in [0.3, 0.4) is 0 Å². The van der Waals surface area contributed by atoms with Gasteiger partial charge in [-0.1, -0.05) is 0 Å². The predicted molar refractivity (Wildman–Crippen MR) is 66.4 cm³/mol. The number of ether oxygens (including phenoxy) is 1. The summed E-state index contributed by atoms with van der Waals surface area (Å²) in [7, 11) is 0. The average molecular weight is 255 g/mol. The molecule has 0 saturated carbocycles. The summed E-state index contributed by atoms with van der Waals surface area (Å²) in [5, 5.41) is 11.1. The van der Waals surface area contributed by atoms with Gasteiger partial charge in [-0.05, 0) is 23.9 Å². The number of carboxylic acids is 1. The Morgan fingerprint density at radius 2 is 2.29 bits per heavy atom. The van der Waals surface area contributed by atoms with E-state index in [2.05, 4.69) is 11.0 Å². The zero-order valence-electron chi connectivity index (χ0n) is 9.89. The first-order chi connectivity index (χ1) is 8.18. The molecular weight excluding hydrogens is 238 g/mol. The Balaban J connectivity index is 2.18. The van der Waals surface area contributed by atoms with Crippen molar-refractivity contribution in [2.24, 2.45) is 0 Å². The Morgan fingerprint density at radius 3 is 2.82 bits per heavy atom. The van der Waals surface area contributed by atoms with Gasteiger partial charge >= 0.3 is 5.97 Å². The van der Waals surface area contributed by atoms with Crippen LogP contribution in [0, 0.1) is 6.92 Å². The molecular formula is C12H17NO3S. The highest BCUT2D eigenvalue weighted by atomic mass is 32.1. The molecule has 2 rings (SSSR count). The van der Waals surface area contributed by atoms with Crippen molar-refractivity contribution < 1.29 is 14.6 Å². The van der Waals surface area contributed by atoms with Gasteiger partial charge in [0.15, 0.2) is 0 Å². The molecule has 2 heterocycles. The lowest BCUT2D eigenvalue weighted by Gasteiger charge is -2.33. The standard InChI is InChI=1S/C12H17NO3S/c1-9-2-7-17-12(9)10(8-11(14)15)13-3-5-16-6-4-13/h2,7,10H,3-6,8H2,1H3,(H,14,15). The summed E-state index contributed by atoms with van der Waals surface area (Å²) < 4.78 is 5.32. The van der Waals surface area contributed by atoms with Gasteiger partial charge < -0.3 is 9.84 Å². The summed E-state index contributed by atoms with van der Waals surface area (Å²) in [6.07, 6.45) is 0.168. The van der Waals surface area contributed by atoms with Gasteiger partial charge in [-0.15, -0.1) is 11.3 Å². The van der Waals surface area contributed by atoms with Crippen molar-refractivity contribution in [1.82, 2.24) is 4.90 Å². The van der Waals surface area contributed by atoms with Crippen molar-refractivity contribution in [3.8, 4) is 0 Å². The largest absolute Gasteiger partial charge is 0.481 e. The molecule has 1 fully saturated rings. The highest BCUT2D eigenvalue weighted by Crippen LogP contribution is 2.31. The van der Waals surface area contributed by atoms with E-state index in [0.29, 0.717) is 13.2 Å². The minimum Gasteiger partial charge on any atom is -0.481 e. The van der Waals surface area contributed by atoms with Crippen LogP contribution < -0.4 is 0 Å². The zero-order valence-corrected chi connectivity index (χ0v) is 10.7. The molecule has 1 N–H and O–H groups in total. The Kier molecular flexibility index (Phi) is 4.15. The number of carbonyl (C=O) groups is 1. The summed E-state index contributed by atoms with van der Waals surface area (Å²) in [6, 6.07) is 2.05. The normalized spacial score (nSPS) is 19.1. The maximum atomic E-state index is 11.0. The van der Waals surface area contributed by atoms with Gasteiger partial charge in [0, 0.05) is 18.0 Å². The molecule has 1 aromatic heterocycles. The third-order valence-electron chi connectivity index (χ3n) is 3.06. The lowest BCUT2D eigenvalue weighted by molar-refractivity contribution is -0.139. The van der Waals surface area contributed by atoms with E-state index in [-0.39, 0.29) is 12.5 Å². The van der Waals surface area contributed by atoms with Crippen LogP contribution in [0.4, 0.5) is 0 Å². The Bertz CT molecular complexity index is 385. The first-order valence-electron chi connectivity index (χ1n) is 5.76. The summed E-state index contributed by atoms with van der Waals surface area (Å²) >= 11 is 1.65. The quantitative estimate of drug-likeness (QED) is 0.893. The van der Waals surface area contributed by atoms with Gasteiger partial charge in [0.2, 0.25) is 0 Å². The number of nitrogens with zero attached hydrogens (tertiary/aromatic N) is 1. The number of morpholine rings is 1. The van der Waals surface area contributed by atoms with Gasteiger partial charge in [-0.25, -0.2) is 0 Å². The Morgan fingerprint density at radius 1 is 1.59 bits per heavy atom. The minimum absolute atomic E-state index is 0.00333. The van der Waals surface area contributed by atoms with Crippen molar-refractivity contribution in [3.63, 3.8) is 0 Å². The van der Waals surface area contributed by atoms with Crippen molar-refractivity contribution in [1.29, 1.82) is 0 Å². The van der Waals surface area contributed by atoms with Crippen LogP contribution in [0.1, 0.15) is 22.9 Å². The molecule has 17 heavy (non-hydrogen) atoms. The summed E-state index contributed by atoms with van der Waals surface area (Å²) in [5.74, 6) is -0.741. The predicted octanol–water partition coefficient (Wildman–Crippen LogP) is 1.90. The zero-order chi connectivity index (χ0) is 12.3. The number of hydrogen-bond donors (Lipinski definition) is 1. The van der Waals surface area contributed by atoms with Crippen LogP contribution in [-0.2, 0) is 9.53 Å². The van der Waals surface area contributed by atoms with E-state index >= 15 is 0 Å². The molecule has 0 amide bonds. The molecule has 4 nitrogen and oxygen atoms in total. The monoisotopic (exact) mass is 255 g/mol. The third-order valence-corrected chi connectivity index (χ3v) is 4.18. The van der Waals surface area contributed by atoms with Crippen LogP contribution in [0.2, 0.25) is 0 Å². The first-order valence-corrected chi connectivity index (χ1v) is 6.64. The average Bonchev–Trinajstić information content (AvgIpc) is 2.73. The molecule has 0 aliphatic carbocycles. The fraction of sp³-hybridized carbons (Fsp3) is 0.583. The van der Waals surface area contributed by atoms with E-state index < -0.39 is 5.97 Å². The molecule has 1 aliphatic heterocycles. The molecule has 1 saturated heterocycles. The highest BCUT2D eigenvalue weighted by molar-refractivity contribution is 7.10. The number of rotatable bonds is 4. The Hall–Kier alpha value is -0.910. The molecule has 1 unspecified atom stereocenters. The number of aryl methyl sites for hydroxylation is 1. The molecule has 5 heteroatoms. The van der Waals surface area contributed by atoms with Crippen molar-refractivity contribution >= 4 is 17.3 Å². The van der Waals surface area contributed by atoms with Crippen molar-refractivity contribution in [2.45, 2.75) is 19.4 Å². The lowest BCUT2D eigenvalue weighted by atomic mass is 10.1. The summed E-state index contributed by atoms with van der Waals surface area (Å²) in [4.78, 5) is 14.4. The molecule has 1 aromatic rings. The lowest BCUT2D eigenvalue weighted by Crippen LogP contribution is -2.39. The first kappa shape index (κ1) is 12.5. The van der Waals surface area contributed by atoms with E-state index in [9.17, 15) is 4.79 Å². The van der Waals surface area contributed by atoms with Gasteiger partial charge in [0.1, 0.15) is 0 Å². The molecule has 1 atom stereocenters. The van der Waals surface area contributed by atoms with Gasteiger partial charge in [-0.3, -0.25) is 9.69 Å². The number of thiophene rings is 1. The van der Waals surface area contributed by atoms with Crippen LogP contribution >= 0.6 is 11.3 Å². The molecule has 0 spiro atoms. The van der Waals surface area contributed by atoms with Crippen LogP contribution in [0.15, 0.2) is 11.4 Å². The van der Waals surface area contributed by atoms with E-state index in [1.807, 2.05) is 12.3 Å². The smallest absolute Gasteiger partial charge is 0.305 e. The highest BCUT2D eigenvalue weighted by Gasteiger charge is 2.26. The van der Waals surface area contributed by atoms with E-state index in [0.717, 1.165) is 13.1 Å². The van der Waals surface area contributed by atoms with E-state index in [1.165, 1.54) is 10.4 Å². The van der Waals surface area contributed by atoms with E-state index in [4.69, 9.17) is 9.84 Å². The number of aliphatic carboxylic acids is 1. The van der Waals surface area contributed by atoms with Gasteiger partial charge in [0.25, 0.3) is 0 Å². The molecule has 0 bridgehead atoms. The van der Waals surface area contributed by atoms with Crippen molar-refractivity contribution in [3.05, 3.63) is 21.9 Å². The fourth-order valence-corrected chi connectivity index (χ4v) is 3.23. The van der Waals surface area contributed by atoms with E-state index in [1.54, 1.807) is 11.3 Å². The Labute approximate surface area is 105 Å². The van der Waals surface area contributed by atoms with Gasteiger partial charge in [0.05, 0.1) is 25.7 Å². The maximum Gasteiger partial charge on any atom is 0.305 e. The summed E-state index contributed by atoms with van der Waals surface area (Å²) in [6.45, 7) is 5.06. The summed E-state index contributed by atoms with van der Waals surface area (Å²) in [5.41, 5.74) is 1.19. The molecule has 0 aromatic carbocycles. The topological polar surface area (TPSA) is 49.8 Å². The molecule has 94 valence electrons. The van der Waals surface area contributed by atoms with Crippen LogP contribution in [-0.4, -0.2) is 42.3 Å². The fourth-order valence-electron chi connectivity index (χ4n) is 2.17. The van der Waals surface area contributed by atoms with Crippen LogP contribution in [0.5, 0.6) is 0 Å². The van der Waals surface area contributed by atoms with Gasteiger partial charge in [-0.2, -0.15) is 0 Å². The van der Waals surface area contributed by atoms with Crippen LogP contribution in [0.25, 0.3) is 0 Å². The minimum atomic E-state index is -0.741.